The average molecular weight is 500 g/mol. The summed E-state index contributed by atoms with van der Waals surface area (Å²) in [7, 11) is 1.48. The van der Waals surface area contributed by atoms with Crippen LogP contribution in [0.15, 0.2) is 62.9 Å². The third-order valence-electron chi connectivity index (χ3n) is 5.60. The lowest BCUT2D eigenvalue weighted by molar-refractivity contribution is -0.129. The summed E-state index contributed by atoms with van der Waals surface area (Å²) in [5.41, 5.74) is 1.31. The highest BCUT2D eigenvalue weighted by Gasteiger charge is 2.45. The van der Waals surface area contributed by atoms with Gasteiger partial charge >= 0.3 is 0 Å². The molecule has 0 aliphatic carbocycles. The summed E-state index contributed by atoms with van der Waals surface area (Å²) in [5.74, 6) is -1.30. The summed E-state index contributed by atoms with van der Waals surface area (Å²) in [6.45, 7) is 2.20. The zero-order chi connectivity index (χ0) is 23.3. The first-order valence-electron chi connectivity index (χ1n) is 10.0. The van der Waals surface area contributed by atoms with Crippen molar-refractivity contribution in [1.82, 2.24) is 4.90 Å². The lowest BCUT2D eigenvalue weighted by Crippen LogP contribution is -2.30. The van der Waals surface area contributed by atoms with E-state index in [1.54, 1.807) is 18.2 Å². The number of fused-ring (bicyclic) bond motifs is 1. The van der Waals surface area contributed by atoms with Gasteiger partial charge in [-0.25, -0.2) is 0 Å². The third-order valence-corrected chi connectivity index (χ3v) is 7.75. The molecular weight excluding hydrogens is 482 g/mol. The number of Topliss-reactive ketones (excluding diaryl/α,β-unsaturated/α-hetero) is 1. The highest BCUT2D eigenvalue weighted by Crippen LogP contribution is 2.44. The minimum atomic E-state index is -0.717. The van der Waals surface area contributed by atoms with Crippen LogP contribution in [0.1, 0.15) is 31.9 Å². The zero-order valence-corrected chi connectivity index (χ0v) is 20.0. The normalized spacial score (nSPS) is 16.3. The Balaban J connectivity index is 1.62. The van der Waals surface area contributed by atoms with E-state index < -0.39 is 23.5 Å². The van der Waals surface area contributed by atoms with Crippen LogP contribution >= 0.6 is 34.3 Å². The molecule has 0 radical (unpaired) electrons. The predicted octanol–water partition coefficient (Wildman–Crippen LogP) is 6.30. The van der Waals surface area contributed by atoms with Gasteiger partial charge in [-0.2, -0.15) is 0 Å². The van der Waals surface area contributed by atoms with Crippen LogP contribution in [-0.4, -0.2) is 28.8 Å². The Hall–Kier alpha value is -3.07. The second kappa shape index (κ2) is 8.37. The predicted molar refractivity (Wildman–Crippen MR) is 128 cm³/mol. The smallest absolute Gasteiger partial charge is 0.290 e. The van der Waals surface area contributed by atoms with Gasteiger partial charge in [-0.1, -0.05) is 17.7 Å². The van der Waals surface area contributed by atoms with E-state index >= 15 is 0 Å². The van der Waals surface area contributed by atoms with Crippen LogP contribution in [-0.2, 0) is 11.3 Å². The Bertz CT molecular complexity index is 1420. The monoisotopic (exact) mass is 499 g/mol. The quantitative estimate of drug-likeness (QED) is 0.315. The summed E-state index contributed by atoms with van der Waals surface area (Å²) in [6.07, 6.45) is 0. The Kier molecular flexibility index (Phi) is 5.52. The fourth-order valence-corrected chi connectivity index (χ4v) is 6.00. The number of hydrogen-bond acceptors (Lipinski definition) is 7. The van der Waals surface area contributed by atoms with Crippen LogP contribution in [0.3, 0.4) is 0 Å². The number of aryl methyl sites for hydroxylation is 1. The molecule has 1 amide bonds. The number of furan rings is 1. The van der Waals surface area contributed by atoms with Crippen LogP contribution in [0.4, 0.5) is 0 Å². The maximum absolute atomic E-state index is 13.7. The van der Waals surface area contributed by atoms with Crippen LogP contribution in [0, 0.1) is 6.92 Å². The minimum absolute atomic E-state index is 0.00269. The molecule has 5 rings (SSSR count). The van der Waals surface area contributed by atoms with Crippen molar-refractivity contribution in [2.45, 2.75) is 19.5 Å². The molecule has 1 N–H and O–H groups in total. The Morgan fingerprint density at radius 1 is 1.24 bits per heavy atom. The third kappa shape index (κ3) is 3.64. The highest BCUT2D eigenvalue weighted by atomic mass is 35.5. The van der Waals surface area contributed by atoms with Crippen molar-refractivity contribution >= 4 is 56.9 Å². The van der Waals surface area contributed by atoms with Gasteiger partial charge in [0.1, 0.15) is 6.04 Å². The van der Waals surface area contributed by atoms with Crippen LogP contribution < -0.4 is 4.74 Å². The molecule has 1 atom stereocenters. The number of methoxy groups -OCH3 is 1. The van der Waals surface area contributed by atoms with Gasteiger partial charge in [-0.05, 0) is 47.5 Å². The summed E-state index contributed by atoms with van der Waals surface area (Å²) in [5, 5.41) is 15.7. The van der Waals surface area contributed by atoms with Crippen LogP contribution in [0.25, 0.3) is 11.0 Å². The summed E-state index contributed by atoms with van der Waals surface area (Å²) in [6, 6.07) is 9.85. The molecule has 168 valence electrons. The molecule has 9 heteroatoms. The van der Waals surface area contributed by atoms with E-state index in [2.05, 4.69) is 0 Å². The number of carbonyl (C=O) groups excluding carboxylic acids is 2. The van der Waals surface area contributed by atoms with Gasteiger partial charge < -0.3 is 19.2 Å². The number of thiophene rings is 2. The number of aliphatic hydroxyl groups is 1. The lowest BCUT2D eigenvalue weighted by atomic mass is 9.98. The van der Waals surface area contributed by atoms with E-state index in [9.17, 15) is 14.7 Å². The molecule has 6 nitrogen and oxygen atoms in total. The molecule has 4 heterocycles. The molecule has 0 bridgehead atoms. The lowest BCUT2D eigenvalue weighted by Gasteiger charge is -2.25. The Morgan fingerprint density at radius 2 is 2.06 bits per heavy atom. The Labute approximate surface area is 202 Å². The number of nitrogens with zero attached hydrogens (tertiary/aromatic N) is 1. The molecule has 0 saturated heterocycles. The number of halogens is 1. The number of hydrogen-bond donors (Lipinski definition) is 1. The van der Waals surface area contributed by atoms with Crippen molar-refractivity contribution in [2.75, 3.05) is 7.11 Å². The fourth-order valence-electron chi connectivity index (χ4n) is 4.04. The number of benzene rings is 1. The topological polar surface area (TPSA) is 80.0 Å². The van der Waals surface area contributed by atoms with Crippen molar-refractivity contribution < 1.29 is 23.8 Å². The molecule has 1 aliphatic rings. The maximum atomic E-state index is 13.7. The number of rotatable bonds is 6. The van der Waals surface area contributed by atoms with E-state index in [1.807, 2.05) is 35.9 Å². The second-order valence-electron chi connectivity index (χ2n) is 7.61. The van der Waals surface area contributed by atoms with Gasteiger partial charge in [0, 0.05) is 26.2 Å². The summed E-state index contributed by atoms with van der Waals surface area (Å²) >= 11 is 9.10. The van der Waals surface area contributed by atoms with Gasteiger partial charge in [-0.3, -0.25) is 9.59 Å². The molecule has 1 unspecified atom stereocenters. The number of ketones is 1. The number of carbonyl (C=O) groups is 2. The number of ether oxygens (including phenoxy) is 1. The zero-order valence-electron chi connectivity index (χ0n) is 17.6. The van der Waals surface area contributed by atoms with E-state index in [1.165, 1.54) is 34.7 Å². The van der Waals surface area contributed by atoms with E-state index in [0.717, 1.165) is 15.3 Å². The maximum Gasteiger partial charge on any atom is 0.290 e. The highest BCUT2D eigenvalue weighted by molar-refractivity contribution is 7.10. The summed E-state index contributed by atoms with van der Waals surface area (Å²) < 4.78 is 11.2. The van der Waals surface area contributed by atoms with Crippen molar-refractivity contribution in [3.05, 3.63) is 84.6 Å². The van der Waals surface area contributed by atoms with E-state index in [4.69, 9.17) is 20.8 Å². The van der Waals surface area contributed by atoms with Crippen LogP contribution in [0.5, 0.6) is 5.75 Å². The van der Waals surface area contributed by atoms with Gasteiger partial charge in [0.15, 0.2) is 22.9 Å². The van der Waals surface area contributed by atoms with Gasteiger partial charge in [0.05, 0.1) is 19.2 Å². The molecule has 0 spiro atoms. The molecule has 0 saturated carbocycles. The van der Waals surface area contributed by atoms with Crippen molar-refractivity contribution in [1.29, 1.82) is 0 Å². The second-order valence-corrected chi connectivity index (χ2v) is 10.0. The van der Waals surface area contributed by atoms with Crippen molar-refractivity contribution in [3.8, 4) is 5.75 Å². The molecule has 3 aromatic heterocycles. The molecule has 4 aromatic rings. The number of aliphatic hydroxyl groups excluding tert-OH is 1. The number of amides is 1. The standard InChI is InChI=1S/C24H18ClNO5S2/c1-12-5-7-33-23(12)19-18(21(28)24(29)26(19)11-15-4-3-6-32-15)20(27)16-9-13-8-14(25)10-17(30-2)22(13)31-16/h3-10,19,28H,11H2,1-2H3. The molecule has 33 heavy (non-hydrogen) atoms. The molecular formula is C24H18ClNO5S2. The SMILES string of the molecule is COc1cc(Cl)cc2cc(C(=O)C3=C(O)C(=O)N(Cc4cccs4)C3c3sccc3C)oc12. The fraction of sp³-hybridized carbons (Fsp3) is 0.167. The average Bonchev–Trinajstić information content (AvgIpc) is 3.57. The Morgan fingerprint density at radius 3 is 2.73 bits per heavy atom. The largest absolute Gasteiger partial charge is 0.503 e. The first-order chi connectivity index (χ1) is 15.9. The first-order valence-corrected chi connectivity index (χ1v) is 12.1. The van der Waals surface area contributed by atoms with Gasteiger partial charge in [0.2, 0.25) is 5.78 Å². The van der Waals surface area contributed by atoms with Crippen molar-refractivity contribution in [2.24, 2.45) is 0 Å². The molecule has 1 aliphatic heterocycles. The molecule has 1 aromatic carbocycles. The molecule has 0 fully saturated rings. The van der Waals surface area contributed by atoms with E-state index in [-0.39, 0.29) is 17.9 Å². The summed E-state index contributed by atoms with van der Waals surface area (Å²) in [4.78, 5) is 30.1. The minimum Gasteiger partial charge on any atom is -0.503 e. The first kappa shape index (κ1) is 21.8. The van der Waals surface area contributed by atoms with E-state index in [0.29, 0.717) is 21.7 Å². The van der Waals surface area contributed by atoms with Gasteiger partial charge in [0.25, 0.3) is 5.91 Å². The van der Waals surface area contributed by atoms with Crippen molar-refractivity contribution in [3.63, 3.8) is 0 Å². The van der Waals surface area contributed by atoms with Gasteiger partial charge in [-0.15, -0.1) is 22.7 Å². The van der Waals surface area contributed by atoms with Crippen LogP contribution in [0.2, 0.25) is 5.02 Å².